The summed E-state index contributed by atoms with van der Waals surface area (Å²) in [7, 11) is 3.23. The van der Waals surface area contributed by atoms with Gasteiger partial charge in [0, 0.05) is 18.7 Å². The molecule has 0 atom stereocenters. The number of hydrogen-bond acceptors (Lipinski definition) is 3. The van der Waals surface area contributed by atoms with Crippen LogP contribution in [-0.2, 0) is 13.1 Å². The van der Waals surface area contributed by atoms with Gasteiger partial charge in [0.1, 0.15) is 11.5 Å². The first-order valence-electron chi connectivity index (χ1n) is 7.41. The van der Waals surface area contributed by atoms with Crippen molar-refractivity contribution >= 4 is 6.03 Å². The Bertz CT molecular complexity index is 657. The monoisotopic (exact) mass is 314 g/mol. The molecule has 0 saturated heterocycles. The molecule has 2 N–H and O–H groups in total. The number of aryl methyl sites for hydroxylation is 1. The first kappa shape index (κ1) is 16.7. The highest BCUT2D eigenvalue weighted by atomic mass is 16.5. The zero-order valence-electron chi connectivity index (χ0n) is 13.7. The minimum Gasteiger partial charge on any atom is -0.496 e. The van der Waals surface area contributed by atoms with Crippen LogP contribution in [0.3, 0.4) is 0 Å². The highest BCUT2D eigenvalue weighted by molar-refractivity contribution is 5.74. The molecule has 0 fully saturated rings. The van der Waals surface area contributed by atoms with Gasteiger partial charge in [-0.25, -0.2) is 4.79 Å². The van der Waals surface area contributed by atoms with E-state index < -0.39 is 0 Å². The van der Waals surface area contributed by atoms with E-state index in [0.29, 0.717) is 13.1 Å². The Kier molecular flexibility index (Phi) is 5.86. The van der Waals surface area contributed by atoms with Gasteiger partial charge >= 0.3 is 6.03 Å². The van der Waals surface area contributed by atoms with E-state index >= 15 is 0 Å². The molecule has 2 rings (SSSR count). The van der Waals surface area contributed by atoms with Crippen LogP contribution in [0.5, 0.6) is 11.5 Å². The van der Waals surface area contributed by atoms with Crippen molar-refractivity contribution in [3.05, 3.63) is 59.2 Å². The van der Waals surface area contributed by atoms with E-state index in [-0.39, 0.29) is 6.03 Å². The molecular formula is C18H22N2O3. The van der Waals surface area contributed by atoms with Crippen LogP contribution >= 0.6 is 0 Å². The van der Waals surface area contributed by atoms with Crippen molar-refractivity contribution in [1.82, 2.24) is 10.6 Å². The fourth-order valence-corrected chi connectivity index (χ4v) is 2.27. The first-order valence-corrected chi connectivity index (χ1v) is 7.41. The van der Waals surface area contributed by atoms with Gasteiger partial charge in [-0.1, -0.05) is 30.3 Å². The Morgan fingerprint density at radius 2 is 1.61 bits per heavy atom. The van der Waals surface area contributed by atoms with Crippen LogP contribution in [0.4, 0.5) is 4.79 Å². The lowest BCUT2D eigenvalue weighted by Crippen LogP contribution is -2.34. The fourth-order valence-electron chi connectivity index (χ4n) is 2.27. The van der Waals surface area contributed by atoms with Gasteiger partial charge in [0.05, 0.1) is 14.2 Å². The summed E-state index contributed by atoms with van der Waals surface area (Å²) in [6.07, 6.45) is 0. The number of methoxy groups -OCH3 is 2. The lowest BCUT2D eigenvalue weighted by atomic mass is 10.1. The van der Waals surface area contributed by atoms with Crippen LogP contribution in [-0.4, -0.2) is 20.3 Å². The number of urea groups is 1. The molecule has 23 heavy (non-hydrogen) atoms. The largest absolute Gasteiger partial charge is 0.496 e. The van der Waals surface area contributed by atoms with Gasteiger partial charge in [-0.3, -0.25) is 0 Å². The molecule has 0 bridgehead atoms. The smallest absolute Gasteiger partial charge is 0.315 e. The van der Waals surface area contributed by atoms with Crippen molar-refractivity contribution < 1.29 is 14.3 Å². The summed E-state index contributed by atoms with van der Waals surface area (Å²) >= 11 is 0. The third-order valence-electron chi connectivity index (χ3n) is 3.53. The van der Waals surface area contributed by atoms with Crippen molar-refractivity contribution in [3.63, 3.8) is 0 Å². The van der Waals surface area contributed by atoms with Crippen molar-refractivity contribution in [2.45, 2.75) is 20.0 Å². The number of carbonyl (C=O) groups is 1. The second kappa shape index (κ2) is 8.08. The predicted octanol–water partition coefficient (Wildman–Crippen LogP) is 3.01. The summed E-state index contributed by atoms with van der Waals surface area (Å²) in [5.74, 6) is 1.50. The molecule has 0 saturated carbocycles. The maximum Gasteiger partial charge on any atom is 0.315 e. The summed E-state index contributed by atoms with van der Waals surface area (Å²) in [5.41, 5.74) is 2.91. The van der Waals surface area contributed by atoms with Gasteiger partial charge in [0.25, 0.3) is 0 Å². The molecule has 5 nitrogen and oxygen atoms in total. The predicted molar refractivity (Wildman–Crippen MR) is 89.8 cm³/mol. The third-order valence-corrected chi connectivity index (χ3v) is 3.53. The van der Waals surface area contributed by atoms with Crippen LogP contribution < -0.4 is 20.1 Å². The van der Waals surface area contributed by atoms with Gasteiger partial charge in [-0.2, -0.15) is 0 Å². The topological polar surface area (TPSA) is 59.6 Å². The molecule has 0 aliphatic rings. The standard InChI is InChI=1S/C18H22N2O3/c1-13-9-17(23-3)15(10-16(13)22-2)12-20-18(21)19-11-14-7-5-4-6-8-14/h4-10H,11-12H2,1-3H3,(H2,19,20,21). The molecule has 0 unspecified atom stereocenters. The first-order chi connectivity index (χ1) is 11.1. The zero-order valence-corrected chi connectivity index (χ0v) is 13.7. The van der Waals surface area contributed by atoms with E-state index in [1.807, 2.05) is 49.4 Å². The second-order valence-electron chi connectivity index (χ2n) is 5.16. The summed E-state index contributed by atoms with van der Waals surface area (Å²) in [5, 5.41) is 5.65. The highest BCUT2D eigenvalue weighted by Crippen LogP contribution is 2.28. The van der Waals surface area contributed by atoms with Crippen LogP contribution in [0.1, 0.15) is 16.7 Å². The number of benzene rings is 2. The lowest BCUT2D eigenvalue weighted by molar-refractivity contribution is 0.240. The third kappa shape index (κ3) is 4.64. The van der Waals surface area contributed by atoms with Crippen LogP contribution in [0.15, 0.2) is 42.5 Å². The van der Waals surface area contributed by atoms with E-state index in [1.54, 1.807) is 14.2 Å². The molecule has 5 heteroatoms. The summed E-state index contributed by atoms with van der Waals surface area (Å²) < 4.78 is 10.7. The highest BCUT2D eigenvalue weighted by Gasteiger charge is 2.10. The van der Waals surface area contributed by atoms with E-state index in [4.69, 9.17) is 9.47 Å². The van der Waals surface area contributed by atoms with Gasteiger partial charge in [0.15, 0.2) is 0 Å². The Morgan fingerprint density at radius 1 is 0.957 bits per heavy atom. The maximum absolute atomic E-state index is 11.9. The van der Waals surface area contributed by atoms with Gasteiger partial charge in [-0.15, -0.1) is 0 Å². The van der Waals surface area contributed by atoms with E-state index in [0.717, 1.165) is 28.2 Å². The molecule has 0 aliphatic carbocycles. The van der Waals surface area contributed by atoms with Crippen molar-refractivity contribution in [1.29, 1.82) is 0 Å². The summed E-state index contributed by atoms with van der Waals surface area (Å²) in [6.45, 7) is 2.80. The fraction of sp³-hybridized carbons (Fsp3) is 0.278. The minimum absolute atomic E-state index is 0.226. The average molecular weight is 314 g/mol. The minimum atomic E-state index is -0.226. The van der Waals surface area contributed by atoms with E-state index in [2.05, 4.69) is 10.6 Å². The summed E-state index contributed by atoms with van der Waals surface area (Å²) in [6, 6.07) is 13.3. The number of nitrogens with one attached hydrogen (secondary N) is 2. The van der Waals surface area contributed by atoms with Crippen molar-refractivity contribution in [3.8, 4) is 11.5 Å². The van der Waals surface area contributed by atoms with Gasteiger partial charge in [-0.05, 0) is 30.2 Å². The number of carbonyl (C=O) groups excluding carboxylic acids is 1. The van der Waals surface area contributed by atoms with Gasteiger partial charge in [0.2, 0.25) is 0 Å². The molecule has 2 aromatic rings. The SMILES string of the molecule is COc1cc(CNC(=O)NCc2ccccc2)c(OC)cc1C. The maximum atomic E-state index is 11.9. The van der Waals surface area contributed by atoms with Crippen LogP contribution in [0, 0.1) is 6.92 Å². The molecule has 2 aromatic carbocycles. The van der Waals surface area contributed by atoms with Gasteiger partial charge < -0.3 is 20.1 Å². The van der Waals surface area contributed by atoms with Crippen molar-refractivity contribution in [2.24, 2.45) is 0 Å². The Labute approximate surface area is 136 Å². The van der Waals surface area contributed by atoms with E-state index in [1.165, 1.54) is 0 Å². The Morgan fingerprint density at radius 3 is 2.26 bits per heavy atom. The molecule has 122 valence electrons. The Hall–Kier alpha value is -2.69. The summed E-state index contributed by atoms with van der Waals surface area (Å²) in [4.78, 5) is 11.9. The van der Waals surface area contributed by atoms with E-state index in [9.17, 15) is 4.79 Å². The molecule has 0 aliphatic heterocycles. The quantitative estimate of drug-likeness (QED) is 0.861. The normalized spacial score (nSPS) is 10.0. The molecular weight excluding hydrogens is 292 g/mol. The zero-order chi connectivity index (χ0) is 16.7. The molecule has 0 aromatic heterocycles. The molecule has 0 heterocycles. The number of rotatable bonds is 6. The van der Waals surface area contributed by atoms with Crippen LogP contribution in [0.2, 0.25) is 0 Å². The lowest BCUT2D eigenvalue weighted by Gasteiger charge is -2.14. The second-order valence-corrected chi connectivity index (χ2v) is 5.16. The Balaban J connectivity index is 1.93. The molecule has 0 radical (unpaired) electrons. The average Bonchev–Trinajstić information content (AvgIpc) is 2.59. The number of ether oxygens (including phenoxy) is 2. The number of hydrogen-bond donors (Lipinski definition) is 2. The molecule has 2 amide bonds. The molecule has 0 spiro atoms. The number of amides is 2. The van der Waals surface area contributed by atoms with Crippen LogP contribution in [0.25, 0.3) is 0 Å². The van der Waals surface area contributed by atoms with Crippen molar-refractivity contribution in [2.75, 3.05) is 14.2 Å².